The zero-order valence-electron chi connectivity index (χ0n) is 10.5. The molecule has 1 saturated carbocycles. The van der Waals surface area contributed by atoms with E-state index in [4.69, 9.17) is 5.11 Å². The second-order valence-corrected chi connectivity index (χ2v) is 4.88. The molecule has 0 atom stereocenters. The number of carboxylic acids is 1. The summed E-state index contributed by atoms with van der Waals surface area (Å²) >= 11 is 0. The first-order valence-corrected chi connectivity index (χ1v) is 6.31. The number of hydrogen-bond donors (Lipinski definition) is 2. The quantitative estimate of drug-likeness (QED) is 0.797. The third-order valence-corrected chi connectivity index (χ3v) is 3.64. The second kappa shape index (κ2) is 5.38. The van der Waals surface area contributed by atoms with Crippen LogP contribution in [-0.2, 0) is 16.0 Å². The number of carboxylic acid groups (broad SMARTS) is 1. The minimum atomic E-state index is -1.23. The number of benzene rings is 1. The Morgan fingerprint density at radius 1 is 1.37 bits per heavy atom. The Balaban J connectivity index is 1.86. The Labute approximate surface area is 110 Å². The summed E-state index contributed by atoms with van der Waals surface area (Å²) < 4.78 is 12.9. The molecule has 0 aliphatic heterocycles. The minimum absolute atomic E-state index is 0.315. The van der Waals surface area contributed by atoms with E-state index in [9.17, 15) is 14.0 Å². The predicted octanol–water partition coefficient (Wildman–Crippen LogP) is 1.74. The van der Waals surface area contributed by atoms with Gasteiger partial charge < -0.3 is 10.4 Å². The van der Waals surface area contributed by atoms with Crippen molar-refractivity contribution >= 4 is 11.9 Å². The number of hydrogen-bond acceptors (Lipinski definition) is 2. The number of aliphatic carboxylic acids is 1. The summed E-state index contributed by atoms with van der Waals surface area (Å²) in [6, 6.07) is 6.14. The summed E-state index contributed by atoms with van der Waals surface area (Å²) in [6.45, 7) is 0.317. The molecule has 102 valence electrons. The van der Waals surface area contributed by atoms with Gasteiger partial charge in [-0.2, -0.15) is 0 Å². The topological polar surface area (TPSA) is 66.4 Å². The maximum atomic E-state index is 12.9. The third kappa shape index (κ3) is 2.75. The summed E-state index contributed by atoms with van der Waals surface area (Å²) in [4.78, 5) is 23.0. The summed E-state index contributed by atoms with van der Waals surface area (Å²) in [7, 11) is 0. The van der Waals surface area contributed by atoms with Gasteiger partial charge in [-0.25, -0.2) is 4.39 Å². The molecule has 0 bridgehead atoms. The van der Waals surface area contributed by atoms with Gasteiger partial charge in [0.25, 0.3) is 0 Å². The molecule has 1 aromatic rings. The van der Waals surface area contributed by atoms with Crippen molar-refractivity contribution in [2.45, 2.75) is 25.7 Å². The number of rotatable bonds is 5. The van der Waals surface area contributed by atoms with E-state index in [1.807, 2.05) is 0 Å². The van der Waals surface area contributed by atoms with E-state index in [2.05, 4.69) is 5.32 Å². The van der Waals surface area contributed by atoms with Crippen LogP contribution in [0.3, 0.4) is 0 Å². The number of carbonyl (C=O) groups excluding carboxylic acids is 1. The van der Waals surface area contributed by atoms with Crippen molar-refractivity contribution in [3.05, 3.63) is 35.6 Å². The van der Waals surface area contributed by atoms with Crippen molar-refractivity contribution in [1.29, 1.82) is 0 Å². The van der Waals surface area contributed by atoms with E-state index in [1.54, 1.807) is 12.1 Å². The summed E-state index contributed by atoms with van der Waals surface area (Å²) in [5, 5.41) is 11.7. The second-order valence-electron chi connectivity index (χ2n) is 4.88. The van der Waals surface area contributed by atoms with Crippen LogP contribution in [0.4, 0.5) is 4.39 Å². The van der Waals surface area contributed by atoms with Gasteiger partial charge in [0.15, 0.2) is 0 Å². The van der Waals surface area contributed by atoms with E-state index < -0.39 is 17.3 Å². The number of carbonyl (C=O) groups is 2. The van der Waals surface area contributed by atoms with E-state index >= 15 is 0 Å². The minimum Gasteiger partial charge on any atom is -0.480 e. The van der Waals surface area contributed by atoms with Gasteiger partial charge in [-0.1, -0.05) is 18.6 Å². The summed E-state index contributed by atoms with van der Waals surface area (Å²) in [6.07, 6.45) is 2.05. The normalized spacial score (nSPS) is 16.5. The maximum Gasteiger partial charge on any atom is 0.319 e. The van der Waals surface area contributed by atoms with Crippen LogP contribution in [0.25, 0.3) is 0 Å². The predicted molar refractivity (Wildman–Crippen MR) is 67.0 cm³/mol. The first kappa shape index (κ1) is 13.5. The average molecular weight is 265 g/mol. The van der Waals surface area contributed by atoms with E-state index in [0.29, 0.717) is 25.8 Å². The van der Waals surface area contributed by atoms with E-state index in [1.165, 1.54) is 12.1 Å². The molecule has 0 aromatic heterocycles. The van der Waals surface area contributed by atoms with Crippen LogP contribution in [-0.4, -0.2) is 23.5 Å². The van der Waals surface area contributed by atoms with Crippen molar-refractivity contribution in [3.8, 4) is 0 Å². The van der Waals surface area contributed by atoms with Gasteiger partial charge in [0.2, 0.25) is 5.91 Å². The zero-order valence-corrected chi connectivity index (χ0v) is 10.5. The van der Waals surface area contributed by atoms with Crippen LogP contribution >= 0.6 is 0 Å². The molecule has 0 unspecified atom stereocenters. The fraction of sp³-hybridized carbons (Fsp3) is 0.429. The van der Waals surface area contributed by atoms with Gasteiger partial charge in [-0.3, -0.25) is 9.59 Å². The van der Waals surface area contributed by atoms with Crippen molar-refractivity contribution in [2.24, 2.45) is 5.41 Å². The highest BCUT2D eigenvalue weighted by Gasteiger charge is 2.50. The highest BCUT2D eigenvalue weighted by Crippen LogP contribution is 2.41. The highest BCUT2D eigenvalue weighted by molar-refractivity contribution is 6.02. The van der Waals surface area contributed by atoms with Crippen LogP contribution in [0.5, 0.6) is 0 Å². The Hall–Kier alpha value is -1.91. The molecule has 1 aromatic carbocycles. The first-order valence-electron chi connectivity index (χ1n) is 6.31. The van der Waals surface area contributed by atoms with Gasteiger partial charge in [0.05, 0.1) is 0 Å². The zero-order chi connectivity index (χ0) is 13.9. The van der Waals surface area contributed by atoms with Gasteiger partial charge >= 0.3 is 5.97 Å². The van der Waals surface area contributed by atoms with Crippen LogP contribution in [0.15, 0.2) is 24.3 Å². The lowest BCUT2D eigenvalue weighted by molar-refractivity contribution is -0.162. The van der Waals surface area contributed by atoms with Gasteiger partial charge in [0.1, 0.15) is 11.2 Å². The molecule has 19 heavy (non-hydrogen) atoms. The molecule has 1 aliphatic carbocycles. The molecule has 4 nitrogen and oxygen atoms in total. The molecule has 1 fully saturated rings. The van der Waals surface area contributed by atoms with Crippen LogP contribution in [0, 0.1) is 11.2 Å². The van der Waals surface area contributed by atoms with Gasteiger partial charge in [0, 0.05) is 6.54 Å². The van der Waals surface area contributed by atoms with Crippen molar-refractivity contribution < 1.29 is 19.1 Å². The Morgan fingerprint density at radius 3 is 2.63 bits per heavy atom. The van der Waals surface area contributed by atoms with E-state index in [-0.39, 0.29) is 5.82 Å². The van der Waals surface area contributed by atoms with Crippen LogP contribution < -0.4 is 5.32 Å². The molecule has 0 spiro atoms. The number of halogens is 1. The van der Waals surface area contributed by atoms with Crippen LogP contribution in [0.1, 0.15) is 24.8 Å². The maximum absolute atomic E-state index is 12.9. The lowest BCUT2D eigenvalue weighted by atomic mass is 9.68. The molecule has 1 aliphatic rings. The smallest absolute Gasteiger partial charge is 0.319 e. The van der Waals surface area contributed by atoms with Gasteiger partial charge in [-0.15, -0.1) is 0 Å². The van der Waals surface area contributed by atoms with Gasteiger partial charge in [-0.05, 0) is 37.0 Å². The monoisotopic (exact) mass is 265 g/mol. The molecular formula is C14H16FNO3. The summed E-state index contributed by atoms with van der Waals surface area (Å²) in [5.74, 6) is -1.80. The Bertz CT molecular complexity index is 497. The SMILES string of the molecule is O=C(O)C1(C(=O)NCCc2cccc(F)c2)CCC1. The van der Waals surface area contributed by atoms with Crippen molar-refractivity contribution in [1.82, 2.24) is 5.32 Å². The fourth-order valence-corrected chi connectivity index (χ4v) is 2.25. The Kier molecular flexibility index (Phi) is 3.83. The fourth-order valence-electron chi connectivity index (χ4n) is 2.25. The highest BCUT2D eigenvalue weighted by atomic mass is 19.1. The first-order chi connectivity index (χ1) is 9.04. The molecule has 2 N–H and O–H groups in total. The summed E-state index contributed by atoms with van der Waals surface area (Å²) in [5.41, 5.74) is -0.458. The number of amides is 1. The van der Waals surface area contributed by atoms with Crippen molar-refractivity contribution in [3.63, 3.8) is 0 Å². The largest absolute Gasteiger partial charge is 0.480 e. The van der Waals surface area contributed by atoms with Crippen LogP contribution in [0.2, 0.25) is 0 Å². The lowest BCUT2D eigenvalue weighted by Crippen LogP contribution is -2.51. The van der Waals surface area contributed by atoms with E-state index in [0.717, 1.165) is 12.0 Å². The molecule has 0 heterocycles. The molecule has 0 saturated heterocycles. The third-order valence-electron chi connectivity index (χ3n) is 3.64. The molecule has 5 heteroatoms. The Morgan fingerprint density at radius 2 is 2.11 bits per heavy atom. The molecular weight excluding hydrogens is 249 g/mol. The lowest BCUT2D eigenvalue weighted by Gasteiger charge is -2.35. The molecule has 1 amide bonds. The average Bonchev–Trinajstić information content (AvgIpc) is 2.26. The van der Waals surface area contributed by atoms with Crippen molar-refractivity contribution in [2.75, 3.05) is 6.54 Å². The standard InChI is InChI=1S/C14H16FNO3/c15-11-4-1-3-10(9-11)5-8-16-12(17)14(13(18)19)6-2-7-14/h1,3-4,9H,2,5-8H2,(H,16,17)(H,18,19). The molecule has 0 radical (unpaired) electrons. The molecule has 2 rings (SSSR count). The number of nitrogens with one attached hydrogen (secondary N) is 1.